The molecule has 1 saturated carbocycles. The zero-order chi connectivity index (χ0) is 15.3. The van der Waals surface area contributed by atoms with Crippen LogP contribution < -0.4 is 10.6 Å². The molecular weight excluding hydrogens is 266 g/mol. The SMILES string of the molecule is CC(C)NCCCN1C(=O)NC2(CCCCCCC2)C1=O. The van der Waals surface area contributed by atoms with E-state index < -0.39 is 5.54 Å². The number of nitrogens with zero attached hydrogens (tertiary/aromatic N) is 1. The second kappa shape index (κ2) is 7.25. The van der Waals surface area contributed by atoms with E-state index in [9.17, 15) is 9.59 Å². The molecular formula is C16H29N3O2. The van der Waals surface area contributed by atoms with Gasteiger partial charge in [-0.15, -0.1) is 0 Å². The van der Waals surface area contributed by atoms with Crippen molar-refractivity contribution in [1.82, 2.24) is 15.5 Å². The van der Waals surface area contributed by atoms with Crippen molar-refractivity contribution >= 4 is 11.9 Å². The molecule has 120 valence electrons. The lowest BCUT2D eigenvalue weighted by molar-refractivity contribution is -0.132. The van der Waals surface area contributed by atoms with Crippen LogP contribution in [0.3, 0.4) is 0 Å². The minimum absolute atomic E-state index is 0.0129. The monoisotopic (exact) mass is 295 g/mol. The molecule has 0 radical (unpaired) electrons. The molecule has 1 aliphatic carbocycles. The molecule has 21 heavy (non-hydrogen) atoms. The number of carbonyl (C=O) groups excluding carboxylic acids is 2. The van der Waals surface area contributed by atoms with Gasteiger partial charge in [-0.1, -0.05) is 46.0 Å². The lowest BCUT2D eigenvalue weighted by Crippen LogP contribution is -2.47. The molecule has 0 aromatic rings. The van der Waals surface area contributed by atoms with Gasteiger partial charge >= 0.3 is 6.03 Å². The van der Waals surface area contributed by atoms with Crippen LogP contribution in [0.2, 0.25) is 0 Å². The van der Waals surface area contributed by atoms with Crippen LogP contribution >= 0.6 is 0 Å². The van der Waals surface area contributed by atoms with Crippen LogP contribution in [-0.4, -0.2) is 41.5 Å². The van der Waals surface area contributed by atoms with Gasteiger partial charge in [0.05, 0.1) is 0 Å². The first-order chi connectivity index (χ1) is 10.1. The minimum atomic E-state index is -0.594. The number of carbonyl (C=O) groups is 2. The molecule has 5 heteroatoms. The molecule has 0 atom stereocenters. The molecule has 2 rings (SSSR count). The Morgan fingerprint density at radius 2 is 1.76 bits per heavy atom. The summed E-state index contributed by atoms with van der Waals surface area (Å²) in [6.45, 7) is 5.54. The summed E-state index contributed by atoms with van der Waals surface area (Å²) < 4.78 is 0. The molecule has 0 aromatic heterocycles. The summed E-state index contributed by atoms with van der Waals surface area (Å²) >= 11 is 0. The topological polar surface area (TPSA) is 61.4 Å². The third kappa shape index (κ3) is 3.96. The highest BCUT2D eigenvalue weighted by molar-refractivity contribution is 6.07. The maximum absolute atomic E-state index is 12.7. The van der Waals surface area contributed by atoms with Gasteiger partial charge in [-0.2, -0.15) is 0 Å². The molecule has 1 spiro atoms. The average Bonchev–Trinajstić information content (AvgIpc) is 2.63. The van der Waals surface area contributed by atoms with Gasteiger partial charge in [-0.25, -0.2) is 4.79 Å². The maximum atomic E-state index is 12.7. The summed E-state index contributed by atoms with van der Waals surface area (Å²) in [6, 6.07) is 0.246. The van der Waals surface area contributed by atoms with Crippen LogP contribution in [0, 0.1) is 0 Å². The fraction of sp³-hybridized carbons (Fsp3) is 0.875. The summed E-state index contributed by atoms with van der Waals surface area (Å²) in [6.07, 6.45) is 8.09. The second-order valence-corrected chi connectivity index (χ2v) is 6.70. The highest BCUT2D eigenvalue weighted by atomic mass is 16.2. The Morgan fingerprint density at radius 3 is 2.38 bits per heavy atom. The van der Waals surface area contributed by atoms with Gasteiger partial charge in [-0.3, -0.25) is 9.69 Å². The average molecular weight is 295 g/mol. The van der Waals surface area contributed by atoms with Gasteiger partial charge in [0.2, 0.25) is 0 Å². The first-order valence-corrected chi connectivity index (χ1v) is 8.43. The van der Waals surface area contributed by atoms with Gasteiger partial charge in [0, 0.05) is 12.6 Å². The van der Waals surface area contributed by atoms with Crippen LogP contribution in [0.15, 0.2) is 0 Å². The summed E-state index contributed by atoms with van der Waals surface area (Å²) in [4.78, 5) is 26.3. The molecule has 5 nitrogen and oxygen atoms in total. The normalized spacial score (nSPS) is 22.5. The predicted molar refractivity (Wildman–Crippen MR) is 83.1 cm³/mol. The molecule has 2 aliphatic rings. The molecule has 3 amide bonds. The van der Waals surface area contributed by atoms with Crippen molar-refractivity contribution in [3.05, 3.63) is 0 Å². The highest BCUT2D eigenvalue weighted by Crippen LogP contribution is 2.32. The summed E-state index contributed by atoms with van der Waals surface area (Å²) in [5, 5.41) is 6.32. The Labute approximate surface area is 127 Å². The molecule has 2 N–H and O–H groups in total. The van der Waals surface area contributed by atoms with Crippen molar-refractivity contribution < 1.29 is 9.59 Å². The van der Waals surface area contributed by atoms with E-state index in [2.05, 4.69) is 24.5 Å². The van der Waals surface area contributed by atoms with E-state index in [1.807, 2.05) is 0 Å². The van der Waals surface area contributed by atoms with Crippen LogP contribution in [0.1, 0.15) is 65.2 Å². The smallest absolute Gasteiger partial charge is 0.323 e. The summed E-state index contributed by atoms with van der Waals surface area (Å²) in [5.41, 5.74) is -0.594. The standard InChI is InChI=1S/C16H29N3O2/c1-13(2)17-11-8-12-19-14(20)16(18-15(19)21)9-6-4-3-5-7-10-16/h13,17H,3-12H2,1-2H3,(H,18,21). The fourth-order valence-corrected chi connectivity index (χ4v) is 3.35. The minimum Gasteiger partial charge on any atom is -0.323 e. The van der Waals surface area contributed by atoms with Crippen molar-refractivity contribution in [3.63, 3.8) is 0 Å². The Kier molecular flexibility index (Phi) is 5.62. The van der Waals surface area contributed by atoms with Gasteiger partial charge in [-0.05, 0) is 25.8 Å². The van der Waals surface area contributed by atoms with E-state index in [1.54, 1.807) is 0 Å². The Hall–Kier alpha value is -1.10. The molecule has 0 bridgehead atoms. The van der Waals surface area contributed by atoms with E-state index in [1.165, 1.54) is 24.2 Å². The van der Waals surface area contributed by atoms with Crippen molar-refractivity contribution in [2.75, 3.05) is 13.1 Å². The van der Waals surface area contributed by atoms with E-state index in [0.29, 0.717) is 12.6 Å². The van der Waals surface area contributed by atoms with E-state index in [4.69, 9.17) is 0 Å². The quantitative estimate of drug-likeness (QED) is 0.605. The Morgan fingerprint density at radius 1 is 1.14 bits per heavy atom. The summed E-state index contributed by atoms with van der Waals surface area (Å²) in [5.74, 6) is 0.0129. The lowest BCUT2D eigenvalue weighted by Gasteiger charge is -2.28. The van der Waals surface area contributed by atoms with Crippen LogP contribution in [-0.2, 0) is 4.79 Å². The van der Waals surface area contributed by atoms with E-state index >= 15 is 0 Å². The van der Waals surface area contributed by atoms with Crippen molar-refractivity contribution in [3.8, 4) is 0 Å². The first kappa shape index (κ1) is 16.3. The zero-order valence-electron chi connectivity index (χ0n) is 13.4. The Balaban J connectivity index is 1.91. The van der Waals surface area contributed by atoms with Gasteiger partial charge in [0.15, 0.2) is 0 Å². The number of hydrogen-bond acceptors (Lipinski definition) is 3. The van der Waals surface area contributed by atoms with Gasteiger partial charge in [0.25, 0.3) is 5.91 Å². The van der Waals surface area contributed by atoms with Gasteiger partial charge in [0.1, 0.15) is 5.54 Å². The number of nitrogens with one attached hydrogen (secondary N) is 2. The summed E-state index contributed by atoms with van der Waals surface area (Å²) in [7, 11) is 0. The van der Waals surface area contributed by atoms with Crippen molar-refractivity contribution in [2.24, 2.45) is 0 Å². The second-order valence-electron chi connectivity index (χ2n) is 6.70. The number of imide groups is 1. The fourth-order valence-electron chi connectivity index (χ4n) is 3.35. The van der Waals surface area contributed by atoms with E-state index in [-0.39, 0.29) is 11.9 Å². The van der Waals surface area contributed by atoms with Crippen molar-refractivity contribution in [2.45, 2.75) is 76.8 Å². The molecule has 1 heterocycles. The Bertz CT molecular complexity index is 374. The molecule has 0 unspecified atom stereocenters. The van der Waals surface area contributed by atoms with Crippen LogP contribution in [0.5, 0.6) is 0 Å². The van der Waals surface area contributed by atoms with E-state index in [0.717, 1.165) is 38.6 Å². The third-order valence-electron chi connectivity index (χ3n) is 4.56. The van der Waals surface area contributed by atoms with Crippen LogP contribution in [0.25, 0.3) is 0 Å². The van der Waals surface area contributed by atoms with Crippen molar-refractivity contribution in [1.29, 1.82) is 0 Å². The third-order valence-corrected chi connectivity index (χ3v) is 4.56. The predicted octanol–water partition coefficient (Wildman–Crippen LogP) is 2.41. The number of amides is 3. The molecule has 0 aromatic carbocycles. The highest BCUT2D eigenvalue weighted by Gasteiger charge is 2.49. The van der Waals surface area contributed by atoms with Gasteiger partial charge < -0.3 is 10.6 Å². The molecule has 2 fully saturated rings. The number of hydrogen-bond donors (Lipinski definition) is 2. The number of rotatable bonds is 5. The molecule has 1 aliphatic heterocycles. The zero-order valence-corrected chi connectivity index (χ0v) is 13.4. The molecule has 1 saturated heterocycles. The maximum Gasteiger partial charge on any atom is 0.325 e. The first-order valence-electron chi connectivity index (χ1n) is 8.43. The largest absolute Gasteiger partial charge is 0.325 e. The lowest BCUT2D eigenvalue weighted by atomic mass is 9.84. The number of urea groups is 1. The van der Waals surface area contributed by atoms with Crippen LogP contribution in [0.4, 0.5) is 4.79 Å².